The molecule has 0 aliphatic carbocycles. The Morgan fingerprint density at radius 1 is 1.12 bits per heavy atom. The van der Waals surface area contributed by atoms with Crippen molar-refractivity contribution in [1.29, 1.82) is 0 Å². The van der Waals surface area contributed by atoms with Gasteiger partial charge in [-0.25, -0.2) is 8.42 Å². The molecule has 0 aliphatic rings. The minimum Gasteiger partial charge on any atom is -0.495 e. The molecule has 0 saturated carbocycles. The lowest BCUT2D eigenvalue weighted by Gasteiger charge is -2.12. The molecular formula is C17H20N2O4S. The van der Waals surface area contributed by atoms with Crippen molar-refractivity contribution < 1.29 is 17.9 Å². The number of carbonyl (C=O) groups is 1. The van der Waals surface area contributed by atoms with Crippen LogP contribution in [0.2, 0.25) is 0 Å². The van der Waals surface area contributed by atoms with E-state index >= 15 is 0 Å². The van der Waals surface area contributed by atoms with Gasteiger partial charge in [-0.2, -0.15) is 0 Å². The van der Waals surface area contributed by atoms with E-state index < -0.39 is 10.0 Å². The second-order valence-electron chi connectivity index (χ2n) is 5.20. The predicted molar refractivity (Wildman–Crippen MR) is 93.9 cm³/mol. The summed E-state index contributed by atoms with van der Waals surface area (Å²) in [6, 6.07) is 11.5. The third-order valence-corrected chi connectivity index (χ3v) is 4.79. The van der Waals surface area contributed by atoms with Crippen LogP contribution < -0.4 is 14.8 Å². The summed E-state index contributed by atoms with van der Waals surface area (Å²) in [6.07, 6.45) is 0.884. The van der Waals surface area contributed by atoms with Gasteiger partial charge in [0.25, 0.3) is 10.0 Å². The first-order valence-corrected chi connectivity index (χ1v) is 8.91. The molecule has 2 rings (SSSR count). The molecule has 0 bridgehead atoms. The quantitative estimate of drug-likeness (QED) is 0.840. The van der Waals surface area contributed by atoms with E-state index in [4.69, 9.17) is 4.74 Å². The number of aryl methyl sites for hydroxylation is 1. The minimum absolute atomic E-state index is 0.0491. The van der Waals surface area contributed by atoms with Gasteiger partial charge < -0.3 is 10.1 Å². The summed E-state index contributed by atoms with van der Waals surface area (Å²) in [4.78, 5) is 11.2. The second kappa shape index (κ2) is 7.35. The number of nitrogens with one attached hydrogen (secondary N) is 2. The number of amides is 1. The number of anilines is 2. The van der Waals surface area contributed by atoms with Crippen LogP contribution in [0.4, 0.5) is 11.4 Å². The molecule has 7 heteroatoms. The highest BCUT2D eigenvalue weighted by atomic mass is 32.2. The Balaban J connectivity index is 2.29. The zero-order valence-corrected chi connectivity index (χ0v) is 14.6. The SMILES string of the molecule is CCc1ccc(NS(=O)(=O)c2ccc(NC(C)=O)c(OC)c2)cc1. The Kier molecular flexibility index (Phi) is 5.46. The van der Waals surface area contributed by atoms with Gasteiger partial charge in [0.15, 0.2) is 0 Å². The predicted octanol–water partition coefficient (Wildman–Crippen LogP) is 3.02. The molecule has 0 atom stereocenters. The Morgan fingerprint density at radius 2 is 1.79 bits per heavy atom. The molecule has 2 aromatic carbocycles. The molecule has 6 nitrogen and oxygen atoms in total. The summed E-state index contributed by atoms with van der Waals surface area (Å²) in [6.45, 7) is 3.40. The molecule has 0 aromatic heterocycles. The van der Waals surface area contributed by atoms with Crippen molar-refractivity contribution in [2.75, 3.05) is 17.1 Å². The van der Waals surface area contributed by atoms with Gasteiger partial charge in [-0.05, 0) is 36.2 Å². The average molecular weight is 348 g/mol. The van der Waals surface area contributed by atoms with Crippen LogP contribution in [0.3, 0.4) is 0 Å². The number of carbonyl (C=O) groups excluding carboxylic acids is 1. The molecule has 0 fully saturated rings. The number of sulfonamides is 1. The summed E-state index contributed by atoms with van der Waals surface area (Å²) in [5.74, 6) is 0.00690. The molecule has 0 aliphatic heterocycles. The fourth-order valence-corrected chi connectivity index (χ4v) is 3.23. The monoisotopic (exact) mass is 348 g/mol. The number of methoxy groups -OCH3 is 1. The van der Waals surface area contributed by atoms with E-state index in [1.807, 2.05) is 19.1 Å². The lowest BCUT2D eigenvalue weighted by atomic mass is 10.2. The molecular weight excluding hydrogens is 328 g/mol. The van der Waals surface area contributed by atoms with Crippen LogP contribution in [0.15, 0.2) is 47.4 Å². The third-order valence-electron chi connectivity index (χ3n) is 3.41. The van der Waals surface area contributed by atoms with Crippen molar-refractivity contribution in [2.45, 2.75) is 25.2 Å². The van der Waals surface area contributed by atoms with Crippen LogP contribution >= 0.6 is 0 Å². The molecule has 0 heterocycles. The van der Waals surface area contributed by atoms with Gasteiger partial charge in [0.05, 0.1) is 17.7 Å². The van der Waals surface area contributed by atoms with Gasteiger partial charge in [0.2, 0.25) is 5.91 Å². The van der Waals surface area contributed by atoms with Crippen molar-refractivity contribution in [1.82, 2.24) is 0 Å². The van der Waals surface area contributed by atoms with Crippen molar-refractivity contribution in [3.05, 3.63) is 48.0 Å². The van der Waals surface area contributed by atoms with Crippen LogP contribution in [0.1, 0.15) is 19.4 Å². The number of ether oxygens (including phenoxy) is 1. The maximum Gasteiger partial charge on any atom is 0.262 e. The number of benzene rings is 2. The van der Waals surface area contributed by atoms with E-state index in [0.717, 1.165) is 12.0 Å². The van der Waals surface area contributed by atoms with E-state index in [9.17, 15) is 13.2 Å². The van der Waals surface area contributed by atoms with Crippen LogP contribution in [-0.2, 0) is 21.2 Å². The lowest BCUT2D eigenvalue weighted by Crippen LogP contribution is -2.14. The van der Waals surface area contributed by atoms with Crippen LogP contribution in [0.5, 0.6) is 5.75 Å². The van der Waals surface area contributed by atoms with Crippen molar-refractivity contribution in [3.8, 4) is 5.75 Å². The van der Waals surface area contributed by atoms with Gasteiger partial charge in [0.1, 0.15) is 5.75 Å². The lowest BCUT2D eigenvalue weighted by molar-refractivity contribution is -0.114. The highest BCUT2D eigenvalue weighted by molar-refractivity contribution is 7.92. The highest BCUT2D eigenvalue weighted by Gasteiger charge is 2.17. The molecule has 1 amide bonds. The zero-order chi connectivity index (χ0) is 17.7. The first-order chi connectivity index (χ1) is 11.4. The average Bonchev–Trinajstić information content (AvgIpc) is 2.55. The molecule has 128 valence electrons. The summed E-state index contributed by atoms with van der Waals surface area (Å²) in [7, 11) is -2.34. The number of rotatable bonds is 6. The summed E-state index contributed by atoms with van der Waals surface area (Å²) in [5.41, 5.74) is 2.02. The number of hydrogen-bond acceptors (Lipinski definition) is 4. The van der Waals surface area contributed by atoms with Crippen molar-refractivity contribution >= 4 is 27.3 Å². The summed E-state index contributed by atoms with van der Waals surface area (Å²) >= 11 is 0. The highest BCUT2D eigenvalue weighted by Crippen LogP contribution is 2.28. The van der Waals surface area contributed by atoms with E-state index in [2.05, 4.69) is 10.0 Å². The Morgan fingerprint density at radius 3 is 2.33 bits per heavy atom. The van der Waals surface area contributed by atoms with Gasteiger partial charge in [-0.15, -0.1) is 0 Å². The van der Waals surface area contributed by atoms with E-state index in [-0.39, 0.29) is 16.6 Å². The first kappa shape index (κ1) is 17.8. The smallest absolute Gasteiger partial charge is 0.262 e. The van der Waals surface area contributed by atoms with E-state index in [1.54, 1.807) is 12.1 Å². The molecule has 24 heavy (non-hydrogen) atoms. The van der Waals surface area contributed by atoms with Crippen molar-refractivity contribution in [2.24, 2.45) is 0 Å². The Labute approximate surface area is 141 Å². The first-order valence-electron chi connectivity index (χ1n) is 7.43. The molecule has 0 saturated heterocycles. The molecule has 0 radical (unpaired) electrons. The molecule has 2 aromatic rings. The Hall–Kier alpha value is -2.54. The Bertz CT molecular complexity index is 830. The topological polar surface area (TPSA) is 84.5 Å². The summed E-state index contributed by atoms with van der Waals surface area (Å²) < 4.78 is 32.7. The van der Waals surface area contributed by atoms with Gasteiger partial charge >= 0.3 is 0 Å². The van der Waals surface area contributed by atoms with E-state index in [1.165, 1.54) is 32.2 Å². The largest absolute Gasteiger partial charge is 0.495 e. The molecule has 2 N–H and O–H groups in total. The zero-order valence-electron chi connectivity index (χ0n) is 13.8. The molecule has 0 unspecified atom stereocenters. The third kappa shape index (κ3) is 4.26. The molecule has 0 spiro atoms. The van der Waals surface area contributed by atoms with E-state index in [0.29, 0.717) is 11.4 Å². The second-order valence-corrected chi connectivity index (χ2v) is 6.88. The standard InChI is InChI=1S/C17H20N2O4S/c1-4-13-5-7-14(8-6-13)19-24(21,22)15-9-10-16(18-12(2)20)17(11-15)23-3/h5-11,19H,4H2,1-3H3,(H,18,20). The number of hydrogen-bond donors (Lipinski definition) is 2. The maximum atomic E-state index is 12.5. The van der Waals surface area contributed by atoms with Crippen LogP contribution in [0, 0.1) is 0 Å². The van der Waals surface area contributed by atoms with Gasteiger partial charge in [0, 0.05) is 18.7 Å². The minimum atomic E-state index is -3.75. The summed E-state index contributed by atoms with van der Waals surface area (Å²) in [5, 5.41) is 2.59. The maximum absolute atomic E-state index is 12.5. The van der Waals surface area contributed by atoms with Crippen molar-refractivity contribution in [3.63, 3.8) is 0 Å². The van der Waals surface area contributed by atoms with Gasteiger partial charge in [-0.1, -0.05) is 19.1 Å². The fraction of sp³-hybridized carbons (Fsp3) is 0.235. The van der Waals surface area contributed by atoms with Gasteiger partial charge in [-0.3, -0.25) is 9.52 Å². The van der Waals surface area contributed by atoms with Crippen LogP contribution in [-0.4, -0.2) is 21.4 Å². The fourth-order valence-electron chi connectivity index (χ4n) is 2.15. The normalized spacial score (nSPS) is 11.0. The van der Waals surface area contributed by atoms with Crippen LogP contribution in [0.25, 0.3) is 0 Å².